The molecule has 2 aromatic heterocycles. The van der Waals surface area contributed by atoms with E-state index in [9.17, 15) is 4.79 Å². The lowest BCUT2D eigenvalue weighted by Gasteiger charge is -2.53. The highest BCUT2D eigenvalue weighted by atomic mass is 35.5. The summed E-state index contributed by atoms with van der Waals surface area (Å²) in [5, 5.41) is 14.3. The van der Waals surface area contributed by atoms with Gasteiger partial charge in [0.15, 0.2) is 11.4 Å². The third-order valence-corrected chi connectivity index (χ3v) is 6.78. The largest absolute Gasteiger partial charge is 0.354 e. The van der Waals surface area contributed by atoms with Crippen LogP contribution in [0.15, 0.2) is 53.3 Å². The van der Waals surface area contributed by atoms with E-state index in [2.05, 4.69) is 20.3 Å². The van der Waals surface area contributed by atoms with Crippen LogP contribution in [0.25, 0.3) is 16.7 Å². The Morgan fingerprint density at radius 2 is 1.97 bits per heavy atom. The van der Waals surface area contributed by atoms with E-state index >= 15 is 0 Å². The van der Waals surface area contributed by atoms with Crippen molar-refractivity contribution in [3.63, 3.8) is 0 Å². The van der Waals surface area contributed by atoms with Gasteiger partial charge in [0.2, 0.25) is 0 Å². The van der Waals surface area contributed by atoms with Crippen LogP contribution < -0.4 is 4.90 Å². The van der Waals surface area contributed by atoms with E-state index in [-0.39, 0.29) is 11.9 Å². The highest BCUT2D eigenvalue weighted by Gasteiger charge is 2.45. The molecule has 6 rings (SSSR count). The first-order valence-electron chi connectivity index (χ1n) is 10.7. The number of nitrogens with zero attached hydrogens (tertiary/aromatic N) is 6. The average Bonchev–Trinajstić information content (AvgIpc) is 3.45. The Balaban J connectivity index is 1.28. The van der Waals surface area contributed by atoms with Crippen molar-refractivity contribution in [1.29, 1.82) is 0 Å². The van der Waals surface area contributed by atoms with Gasteiger partial charge in [-0.05, 0) is 43.7 Å². The maximum atomic E-state index is 13.6. The predicted molar refractivity (Wildman–Crippen MR) is 120 cm³/mol. The molecule has 1 amide bonds. The number of carbonyl (C=O) groups is 1. The molecule has 4 heterocycles. The summed E-state index contributed by atoms with van der Waals surface area (Å²) in [6.07, 6.45) is 4.19. The number of carbonyl (C=O) groups excluding carboxylic acids is 1. The Labute approximate surface area is 189 Å². The number of halogens is 1. The number of hydrogen-bond donors (Lipinski definition) is 0. The van der Waals surface area contributed by atoms with Crippen molar-refractivity contribution in [2.75, 3.05) is 24.5 Å². The number of likely N-dealkylation sites (tertiary alicyclic amines) is 1. The molecule has 2 saturated heterocycles. The molecule has 0 unspecified atom stereocenters. The van der Waals surface area contributed by atoms with Gasteiger partial charge in [0.05, 0.1) is 35.1 Å². The molecule has 0 radical (unpaired) electrons. The topological polar surface area (TPSA) is 80.3 Å². The Hall–Kier alpha value is -3.39. The molecule has 0 aliphatic carbocycles. The number of benzene rings is 2. The zero-order chi connectivity index (χ0) is 21.8. The summed E-state index contributed by atoms with van der Waals surface area (Å²) < 4.78 is 5.51. The summed E-state index contributed by atoms with van der Waals surface area (Å²) in [7, 11) is 0. The highest BCUT2D eigenvalue weighted by Crippen LogP contribution is 2.40. The van der Waals surface area contributed by atoms with Crippen molar-refractivity contribution in [2.24, 2.45) is 5.92 Å². The van der Waals surface area contributed by atoms with Crippen LogP contribution in [0.5, 0.6) is 0 Å². The van der Waals surface area contributed by atoms with Gasteiger partial charge in [0, 0.05) is 30.6 Å². The number of rotatable bonds is 3. The third-order valence-electron chi connectivity index (χ3n) is 6.54. The third kappa shape index (κ3) is 3.05. The molecule has 32 heavy (non-hydrogen) atoms. The van der Waals surface area contributed by atoms with Gasteiger partial charge in [0.1, 0.15) is 0 Å². The first-order chi connectivity index (χ1) is 15.6. The number of amides is 1. The molecule has 0 saturated carbocycles. The molecule has 162 valence electrons. The maximum absolute atomic E-state index is 13.6. The summed E-state index contributed by atoms with van der Waals surface area (Å²) >= 11 is 6.20. The molecule has 2 fully saturated rings. The Morgan fingerprint density at radius 3 is 2.81 bits per heavy atom. The first kappa shape index (κ1) is 19.3. The second kappa shape index (κ2) is 7.34. The fourth-order valence-corrected chi connectivity index (χ4v) is 5.01. The zero-order valence-corrected chi connectivity index (χ0v) is 18.2. The van der Waals surface area contributed by atoms with Crippen molar-refractivity contribution < 1.29 is 9.32 Å². The number of anilines is 1. The Morgan fingerprint density at radius 1 is 1.12 bits per heavy atom. The molecule has 2 atom stereocenters. The van der Waals surface area contributed by atoms with Crippen molar-refractivity contribution in [3.8, 4) is 5.69 Å². The Kier molecular flexibility index (Phi) is 4.43. The van der Waals surface area contributed by atoms with Crippen LogP contribution in [0, 0.1) is 12.8 Å². The summed E-state index contributed by atoms with van der Waals surface area (Å²) in [5.41, 5.74) is 3.04. The van der Waals surface area contributed by atoms with E-state index in [1.807, 2.05) is 42.2 Å². The van der Waals surface area contributed by atoms with Crippen molar-refractivity contribution in [3.05, 3.63) is 64.9 Å². The fourth-order valence-electron chi connectivity index (χ4n) is 4.84. The van der Waals surface area contributed by atoms with Crippen LogP contribution in [0.2, 0.25) is 5.02 Å². The second-order valence-corrected chi connectivity index (χ2v) is 8.94. The predicted octanol–water partition coefficient (Wildman–Crippen LogP) is 3.72. The first-order valence-corrected chi connectivity index (χ1v) is 11.0. The van der Waals surface area contributed by atoms with Crippen LogP contribution in [0.4, 0.5) is 5.82 Å². The Bertz CT molecular complexity index is 1320. The minimum Gasteiger partial charge on any atom is -0.354 e. The number of aromatic nitrogens is 4. The van der Waals surface area contributed by atoms with Crippen LogP contribution in [-0.4, -0.2) is 56.6 Å². The fraction of sp³-hybridized carbons (Fsp3) is 0.304. The van der Waals surface area contributed by atoms with E-state index < -0.39 is 0 Å². The zero-order valence-electron chi connectivity index (χ0n) is 17.5. The summed E-state index contributed by atoms with van der Waals surface area (Å²) in [5.74, 6) is 1.34. The van der Waals surface area contributed by atoms with Gasteiger partial charge in [-0.2, -0.15) is 15.0 Å². The SMILES string of the molecule is Cc1ccc(-n2nccn2)c(C(=O)N2CC[C@H]3CN(c4noc5ccc(Cl)cc45)[C@H]3C2)c1. The maximum Gasteiger partial charge on any atom is 0.256 e. The average molecular weight is 449 g/mol. The lowest BCUT2D eigenvalue weighted by atomic mass is 9.82. The van der Waals surface area contributed by atoms with Gasteiger partial charge in [-0.1, -0.05) is 28.4 Å². The monoisotopic (exact) mass is 448 g/mol. The minimum absolute atomic E-state index is 0.000597. The van der Waals surface area contributed by atoms with Gasteiger partial charge in [-0.25, -0.2) is 0 Å². The molecular formula is C23H21ClN6O2. The van der Waals surface area contributed by atoms with Gasteiger partial charge in [-0.15, -0.1) is 0 Å². The number of fused-ring (bicyclic) bond motifs is 2. The van der Waals surface area contributed by atoms with Gasteiger partial charge < -0.3 is 14.3 Å². The lowest BCUT2D eigenvalue weighted by molar-refractivity contribution is 0.0590. The molecule has 2 aliphatic heterocycles. The summed E-state index contributed by atoms with van der Waals surface area (Å²) in [4.78, 5) is 19.3. The van der Waals surface area contributed by atoms with E-state index in [1.165, 1.54) is 4.80 Å². The van der Waals surface area contributed by atoms with Gasteiger partial charge in [-0.3, -0.25) is 4.79 Å². The van der Waals surface area contributed by atoms with E-state index in [4.69, 9.17) is 16.1 Å². The van der Waals surface area contributed by atoms with Crippen molar-refractivity contribution in [1.82, 2.24) is 25.1 Å². The quantitative estimate of drug-likeness (QED) is 0.475. The molecular weight excluding hydrogens is 428 g/mol. The molecule has 9 heteroatoms. The van der Waals surface area contributed by atoms with E-state index in [1.54, 1.807) is 18.5 Å². The number of aryl methyl sites for hydroxylation is 1. The molecule has 8 nitrogen and oxygen atoms in total. The van der Waals surface area contributed by atoms with Crippen LogP contribution >= 0.6 is 11.6 Å². The molecule has 0 spiro atoms. The summed E-state index contributed by atoms with van der Waals surface area (Å²) in [6, 6.07) is 11.5. The van der Waals surface area contributed by atoms with Crippen LogP contribution in [0.3, 0.4) is 0 Å². The van der Waals surface area contributed by atoms with E-state index in [0.717, 1.165) is 36.3 Å². The van der Waals surface area contributed by atoms with Crippen molar-refractivity contribution >= 4 is 34.3 Å². The smallest absolute Gasteiger partial charge is 0.256 e. The molecule has 2 aromatic carbocycles. The molecule has 4 aromatic rings. The van der Waals surface area contributed by atoms with Gasteiger partial charge in [0.25, 0.3) is 5.91 Å². The molecule has 0 N–H and O–H groups in total. The van der Waals surface area contributed by atoms with Gasteiger partial charge >= 0.3 is 0 Å². The molecule has 0 bridgehead atoms. The van der Waals surface area contributed by atoms with Crippen molar-refractivity contribution in [2.45, 2.75) is 19.4 Å². The molecule has 2 aliphatic rings. The highest BCUT2D eigenvalue weighted by molar-refractivity contribution is 6.31. The minimum atomic E-state index is -0.000597. The number of hydrogen-bond acceptors (Lipinski definition) is 6. The van der Waals surface area contributed by atoms with Crippen LogP contribution in [0.1, 0.15) is 22.3 Å². The lowest BCUT2D eigenvalue weighted by Crippen LogP contribution is -2.65. The number of piperidine rings is 1. The normalized spacial score (nSPS) is 20.3. The van der Waals surface area contributed by atoms with Crippen LogP contribution in [-0.2, 0) is 0 Å². The summed E-state index contributed by atoms with van der Waals surface area (Å²) in [6.45, 7) is 4.27. The van der Waals surface area contributed by atoms with E-state index in [0.29, 0.717) is 34.3 Å². The standard InChI is InChI=1S/C23H21ClN6O2/c1-14-2-4-19(30-25-7-8-26-30)17(10-14)23(31)28-9-6-15-12-29(20(15)13-28)22-18-11-16(24)3-5-21(18)32-27-22/h2-5,7-8,10-11,15,20H,6,9,12-13H2,1H3/t15-,20-/m0/s1. The second-order valence-electron chi connectivity index (χ2n) is 8.51.